The average Bonchev–Trinajstić information content (AvgIpc) is 3.31. The summed E-state index contributed by atoms with van der Waals surface area (Å²) in [5.41, 5.74) is 0.905. The van der Waals surface area contributed by atoms with E-state index in [4.69, 9.17) is 16.3 Å². The molecule has 2 unspecified atom stereocenters. The van der Waals surface area contributed by atoms with E-state index in [9.17, 15) is 14.0 Å². The van der Waals surface area contributed by atoms with Gasteiger partial charge in [0.2, 0.25) is 11.8 Å². The van der Waals surface area contributed by atoms with Gasteiger partial charge in [0.15, 0.2) is 5.78 Å². The van der Waals surface area contributed by atoms with Crippen molar-refractivity contribution in [3.63, 3.8) is 0 Å². The van der Waals surface area contributed by atoms with E-state index < -0.39 is 16.7 Å². The number of halogens is 2. The molecule has 2 aromatic carbocycles. The third kappa shape index (κ3) is 4.89. The maximum atomic E-state index is 13.5. The summed E-state index contributed by atoms with van der Waals surface area (Å²) < 4.78 is 19.6. The molecule has 36 heavy (non-hydrogen) atoms. The highest BCUT2D eigenvalue weighted by Crippen LogP contribution is 2.42. The zero-order valence-corrected chi connectivity index (χ0v) is 21.4. The Balaban J connectivity index is 1.50. The summed E-state index contributed by atoms with van der Waals surface area (Å²) in [4.78, 5) is 32.4. The van der Waals surface area contributed by atoms with E-state index in [0.29, 0.717) is 21.3 Å². The molecular formula is C27H20ClFN2O3S2. The number of ether oxygens (including phenoxy) is 1. The van der Waals surface area contributed by atoms with E-state index in [0.717, 1.165) is 10.5 Å². The fourth-order valence-corrected chi connectivity index (χ4v) is 6.10. The van der Waals surface area contributed by atoms with Gasteiger partial charge in [0.25, 0.3) is 0 Å². The van der Waals surface area contributed by atoms with Crippen molar-refractivity contribution < 1.29 is 18.7 Å². The summed E-state index contributed by atoms with van der Waals surface area (Å²) in [6.07, 6.45) is 0.00233. The maximum Gasteiger partial charge on any atom is 0.242 e. The molecule has 3 heterocycles. The highest BCUT2D eigenvalue weighted by atomic mass is 35.5. The molecular weight excluding hydrogens is 519 g/mol. The van der Waals surface area contributed by atoms with Crippen molar-refractivity contribution in [2.24, 2.45) is 0 Å². The number of amides is 1. The minimum absolute atomic E-state index is 0.00233. The number of thiophene rings is 1. The maximum absolute atomic E-state index is 13.5. The van der Waals surface area contributed by atoms with Crippen LogP contribution in [0.4, 0.5) is 4.39 Å². The van der Waals surface area contributed by atoms with Gasteiger partial charge in [-0.1, -0.05) is 35.9 Å². The summed E-state index contributed by atoms with van der Waals surface area (Å²) in [6.45, 7) is 1.95. The first-order chi connectivity index (χ1) is 17.3. The quantitative estimate of drug-likeness (QED) is 0.283. The Bertz CT molecular complexity index is 1420. The standard InChI is InChI=1S/C27H20ClFN2O3S2/c1-16-5-2-3-6-21(16)36-25-20(32)14-27(31-26(25)33,17-13-23(28)35-15-17)22-7-4-8-24(30-22)34-19-11-9-18(29)10-12-19/h2-13,15,25H,14H2,1H3,(H,31,33). The van der Waals surface area contributed by atoms with Crippen LogP contribution in [0.5, 0.6) is 11.6 Å². The number of ketones is 1. The molecule has 1 aliphatic heterocycles. The number of carbonyl (C=O) groups excluding carboxylic acids is 2. The number of pyridine rings is 1. The van der Waals surface area contributed by atoms with Gasteiger partial charge in [-0.2, -0.15) is 0 Å². The molecule has 5 nitrogen and oxygen atoms in total. The lowest BCUT2D eigenvalue weighted by Crippen LogP contribution is -2.58. The Labute approximate surface area is 220 Å². The van der Waals surface area contributed by atoms with Crippen LogP contribution in [0.25, 0.3) is 0 Å². The number of rotatable bonds is 6. The lowest BCUT2D eigenvalue weighted by Gasteiger charge is -2.39. The number of piperidine rings is 1. The van der Waals surface area contributed by atoms with Crippen LogP contribution in [0.1, 0.15) is 23.2 Å². The number of carbonyl (C=O) groups is 2. The van der Waals surface area contributed by atoms with Gasteiger partial charge >= 0.3 is 0 Å². The Kier molecular flexibility index (Phi) is 6.83. The van der Waals surface area contributed by atoms with E-state index in [1.807, 2.05) is 36.6 Å². The van der Waals surface area contributed by atoms with Crippen molar-refractivity contribution in [1.82, 2.24) is 10.3 Å². The Morgan fingerprint density at radius 1 is 1.11 bits per heavy atom. The molecule has 0 bridgehead atoms. The van der Waals surface area contributed by atoms with Gasteiger partial charge in [-0.25, -0.2) is 9.37 Å². The number of nitrogens with zero attached hydrogens (tertiary/aromatic N) is 1. The van der Waals surface area contributed by atoms with Crippen molar-refractivity contribution in [2.45, 2.75) is 29.0 Å². The number of thioether (sulfide) groups is 1. The normalized spacial score (nSPS) is 19.7. The summed E-state index contributed by atoms with van der Waals surface area (Å²) in [5, 5.41) is 4.03. The largest absolute Gasteiger partial charge is 0.439 e. The van der Waals surface area contributed by atoms with Crippen LogP contribution in [-0.2, 0) is 15.1 Å². The third-order valence-electron chi connectivity index (χ3n) is 5.90. The van der Waals surface area contributed by atoms with Crippen LogP contribution in [0, 0.1) is 12.7 Å². The van der Waals surface area contributed by atoms with Crippen LogP contribution < -0.4 is 10.1 Å². The molecule has 0 spiro atoms. The zero-order chi connectivity index (χ0) is 25.3. The fraction of sp³-hybridized carbons (Fsp3) is 0.148. The van der Waals surface area contributed by atoms with Crippen molar-refractivity contribution in [2.75, 3.05) is 0 Å². The second-order valence-electron chi connectivity index (χ2n) is 8.36. The first-order valence-corrected chi connectivity index (χ1v) is 13.2. The highest BCUT2D eigenvalue weighted by Gasteiger charge is 2.48. The molecule has 1 saturated heterocycles. The smallest absolute Gasteiger partial charge is 0.242 e. The number of aromatic nitrogens is 1. The molecule has 4 aromatic rings. The van der Waals surface area contributed by atoms with Gasteiger partial charge in [-0.05, 0) is 65.9 Å². The van der Waals surface area contributed by atoms with Crippen molar-refractivity contribution in [3.05, 3.63) is 105 Å². The van der Waals surface area contributed by atoms with Gasteiger partial charge in [0.1, 0.15) is 22.4 Å². The molecule has 0 aliphatic carbocycles. The minimum Gasteiger partial charge on any atom is -0.439 e. The third-order valence-corrected chi connectivity index (χ3v) is 8.42. The Morgan fingerprint density at radius 2 is 1.89 bits per heavy atom. The SMILES string of the molecule is Cc1ccccc1SC1C(=O)CC(c2csc(Cl)c2)(c2cccc(Oc3ccc(F)cc3)n2)NC1=O. The highest BCUT2D eigenvalue weighted by molar-refractivity contribution is 8.01. The number of benzene rings is 2. The second kappa shape index (κ2) is 10.0. The molecule has 2 aromatic heterocycles. The molecule has 0 saturated carbocycles. The zero-order valence-electron chi connectivity index (χ0n) is 19.0. The topological polar surface area (TPSA) is 68.3 Å². The molecule has 1 fully saturated rings. The first kappa shape index (κ1) is 24.5. The average molecular weight is 539 g/mol. The predicted octanol–water partition coefficient (Wildman–Crippen LogP) is 6.53. The monoisotopic (exact) mass is 538 g/mol. The van der Waals surface area contributed by atoms with E-state index in [1.54, 1.807) is 24.3 Å². The summed E-state index contributed by atoms with van der Waals surface area (Å²) in [7, 11) is 0. The van der Waals surface area contributed by atoms with Crippen LogP contribution in [0.2, 0.25) is 4.34 Å². The number of hydrogen-bond acceptors (Lipinski definition) is 6. The predicted molar refractivity (Wildman–Crippen MR) is 139 cm³/mol. The van der Waals surface area contributed by atoms with E-state index >= 15 is 0 Å². The molecule has 1 aliphatic rings. The number of aryl methyl sites for hydroxylation is 1. The molecule has 0 radical (unpaired) electrons. The first-order valence-electron chi connectivity index (χ1n) is 11.1. The van der Waals surface area contributed by atoms with Gasteiger partial charge in [0.05, 0.1) is 10.0 Å². The van der Waals surface area contributed by atoms with E-state index in [-0.39, 0.29) is 23.9 Å². The molecule has 1 N–H and O–H groups in total. The van der Waals surface area contributed by atoms with Crippen molar-refractivity contribution >= 4 is 46.4 Å². The minimum atomic E-state index is -1.21. The molecule has 5 rings (SSSR count). The van der Waals surface area contributed by atoms with Crippen LogP contribution in [-0.4, -0.2) is 21.9 Å². The number of Topliss-reactive ketones (excluding diaryl/α,β-unsaturated/α-hetero) is 1. The Morgan fingerprint density at radius 3 is 2.58 bits per heavy atom. The lowest BCUT2D eigenvalue weighted by molar-refractivity contribution is -0.133. The van der Waals surface area contributed by atoms with Crippen molar-refractivity contribution in [1.29, 1.82) is 0 Å². The van der Waals surface area contributed by atoms with Gasteiger partial charge in [-0.15, -0.1) is 23.1 Å². The van der Waals surface area contributed by atoms with Crippen LogP contribution in [0.3, 0.4) is 0 Å². The van der Waals surface area contributed by atoms with Crippen molar-refractivity contribution in [3.8, 4) is 11.6 Å². The number of hydrogen-bond donors (Lipinski definition) is 1. The second-order valence-corrected chi connectivity index (χ2v) is 11.0. The van der Waals surface area contributed by atoms with Gasteiger partial charge in [0, 0.05) is 17.4 Å². The summed E-state index contributed by atoms with van der Waals surface area (Å²) in [5.74, 6) is -0.321. The van der Waals surface area contributed by atoms with Crippen LogP contribution >= 0.6 is 34.7 Å². The van der Waals surface area contributed by atoms with Crippen LogP contribution in [0.15, 0.2) is 83.1 Å². The molecule has 9 heteroatoms. The molecule has 2 atom stereocenters. The lowest BCUT2D eigenvalue weighted by atomic mass is 9.79. The van der Waals surface area contributed by atoms with Gasteiger partial charge in [-0.3, -0.25) is 9.59 Å². The van der Waals surface area contributed by atoms with Gasteiger partial charge < -0.3 is 10.1 Å². The molecule has 1 amide bonds. The van der Waals surface area contributed by atoms with E-state index in [2.05, 4.69) is 10.3 Å². The van der Waals surface area contributed by atoms with E-state index in [1.165, 1.54) is 47.4 Å². The molecule has 182 valence electrons. The summed E-state index contributed by atoms with van der Waals surface area (Å²) in [6, 6.07) is 20.1. The Hall–Kier alpha value is -3.20. The summed E-state index contributed by atoms with van der Waals surface area (Å²) >= 11 is 8.81. The number of nitrogens with one attached hydrogen (secondary N) is 1. The fourth-order valence-electron chi connectivity index (χ4n) is 4.10.